The van der Waals surface area contributed by atoms with Gasteiger partial charge in [0.05, 0.1) is 17.9 Å². The van der Waals surface area contributed by atoms with E-state index in [-0.39, 0.29) is 17.5 Å². The van der Waals surface area contributed by atoms with Gasteiger partial charge in [0.1, 0.15) is 12.1 Å². The number of fused-ring (bicyclic) bond motifs is 1. The van der Waals surface area contributed by atoms with Crippen molar-refractivity contribution in [3.05, 3.63) is 46.6 Å². The van der Waals surface area contributed by atoms with Gasteiger partial charge in [0.25, 0.3) is 0 Å². The topological polar surface area (TPSA) is 70.4 Å². The molecule has 0 saturated heterocycles. The maximum atomic E-state index is 14.6. The fourth-order valence-corrected chi connectivity index (χ4v) is 2.87. The van der Waals surface area contributed by atoms with Crippen LogP contribution in [0.25, 0.3) is 0 Å². The number of aromatic nitrogens is 1. The third-order valence-corrected chi connectivity index (χ3v) is 4.27. The van der Waals surface area contributed by atoms with Crippen LogP contribution in [0.4, 0.5) is 14.9 Å². The van der Waals surface area contributed by atoms with Crippen LogP contribution in [-0.2, 0) is 25.9 Å². The molecule has 0 fully saturated rings. The minimum atomic E-state index is -0.369. The molecule has 0 unspecified atom stereocenters. The Kier molecular flexibility index (Phi) is 4.80. The molecule has 1 aromatic carbocycles. The van der Waals surface area contributed by atoms with Crippen molar-refractivity contribution < 1.29 is 13.7 Å². The van der Waals surface area contributed by atoms with Crippen LogP contribution in [0.3, 0.4) is 0 Å². The summed E-state index contributed by atoms with van der Waals surface area (Å²) < 4.78 is 19.5. The Morgan fingerprint density at radius 1 is 1.50 bits per heavy atom. The summed E-state index contributed by atoms with van der Waals surface area (Å²) in [6.07, 6.45) is 2.89. The number of carbonyl (C=O) groups excluding carboxylic acids is 1. The predicted molar refractivity (Wildman–Crippen MR) is 88.2 cm³/mol. The van der Waals surface area contributed by atoms with E-state index in [2.05, 4.69) is 15.8 Å². The van der Waals surface area contributed by atoms with Crippen molar-refractivity contribution in [3.8, 4) is 0 Å². The third-order valence-electron chi connectivity index (χ3n) is 4.27. The first-order valence-electron chi connectivity index (χ1n) is 8.05. The Bertz CT molecular complexity index is 744. The Morgan fingerprint density at radius 2 is 2.33 bits per heavy atom. The van der Waals surface area contributed by atoms with Gasteiger partial charge in [-0.1, -0.05) is 18.1 Å². The monoisotopic (exact) mass is 332 g/mol. The molecule has 128 valence electrons. The molecule has 2 aromatic rings. The molecule has 0 spiro atoms. The number of nitrogens with zero attached hydrogens (tertiary/aromatic N) is 2. The first-order chi connectivity index (χ1) is 11.6. The number of hydrogen-bond acceptors (Lipinski definition) is 4. The van der Waals surface area contributed by atoms with E-state index in [0.717, 1.165) is 29.8 Å². The molecule has 6 nitrogen and oxygen atoms in total. The van der Waals surface area contributed by atoms with Crippen LogP contribution in [-0.4, -0.2) is 29.7 Å². The number of carbonyl (C=O) groups is 1. The van der Waals surface area contributed by atoms with Gasteiger partial charge < -0.3 is 20.1 Å². The van der Waals surface area contributed by atoms with Gasteiger partial charge >= 0.3 is 6.03 Å². The molecule has 2 amide bonds. The highest BCUT2D eigenvalue weighted by Crippen LogP contribution is 2.24. The summed E-state index contributed by atoms with van der Waals surface area (Å²) in [5, 5.41) is 9.75. The van der Waals surface area contributed by atoms with Gasteiger partial charge in [0.15, 0.2) is 0 Å². The molecule has 0 aliphatic carbocycles. The number of nitrogens with one attached hydrogen (secondary N) is 2. The van der Waals surface area contributed by atoms with Gasteiger partial charge in [-0.3, -0.25) is 0 Å². The van der Waals surface area contributed by atoms with Crippen LogP contribution in [0.5, 0.6) is 0 Å². The third kappa shape index (κ3) is 3.26. The fourth-order valence-electron chi connectivity index (χ4n) is 2.87. The van der Waals surface area contributed by atoms with E-state index in [1.54, 1.807) is 13.1 Å². The van der Waals surface area contributed by atoms with Crippen LogP contribution in [0.1, 0.15) is 29.3 Å². The summed E-state index contributed by atoms with van der Waals surface area (Å²) >= 11 is 0. The van der Waals surface area contributed by atoms with Gasteiger partial charge in [0, 0.05) is 19.2 Å². The van der Waals surface area contributed by atoms with Gasteiger partial charge in [-0.05, 0) is 36.6 Å². The summed E-state index contributed by atoms with van der Waals surface area (Å²) in [7, 11) is 1.65. The maximum absolute atomic E-state index is 14.6. The number of urea groups is 1. The Balaban J connectivity index is 1.70. The number of benzene rings is 1. The summed E-state index contributed by atoms with van der Waals surface area (Å²) in [5.74, 6) is -0.338. The molecule has 1 aromatic heterocycles. The Hall–Kier alpha value is -2.41. The van der Waals surface area contributed by atoms with E-state index in [1.165, 1.54) is 11.2 Å². The second-order valence-corrected chi connectivity index (χ2v) is 5.92. The van der Waals surface area contributed by atoms with Crippen LogP contribution in [0, 0.1) is 5.82 Å². The summed E-state index contributed by atoms with van der Waals surface area (Å²) in [6, 6.07) is 3.10. The molecule has 1 aliphatic heterocycles. The van der Waals surface area contributed by atoms with Crippen molar-refractivity contribution in [2.45, 2.75) is 32.9 Å². The summed E-state index contributed by atoms with van der Waals surface area (Å²) in [6.45, 7) is 3.73. The summed E-state index contributed by atoms with van der Waals surface area (Å²) in [5.41, 5.74) is 3.52. The number of halogens is 1. The minimum absolute atomic E-state index is 0.216. The Labute approximate surface area is 140 Å². The number of anilines is 1. The molecular weight excluding hydrogens is 311 g/mol. The molecular formula is C17H21FN4O2. The van der Waals surface area contributed by atoms with Crippen molar-refractivity contribution in [1.29, 1.82) is 0 Å². The average molecular weight is 332 g/mol. The van der Waals surface area contributed by atoms with E-state index >= 15 is 0 Å². The largest absolute Gasteiger partial charge is 0.364 e. The Morgan fingerprint density at radius 3 is 3.12 bits per heavy atom. The van der Waals surface area contributed by atoms with Crippen molar-refractivity contribution in [1.82, 2.24) is 15.4 Å². The molecule has 0 saturated carbocycles. The highest BCUT2D eigenvalue weighted by molar-refractivity contribution is 5.89. The SMILES string of the molecule is CCc1nocc1CN(C)C(=O)Nc1ccc2c(c1F)CCNC2. The zero-order valence-electron chi connectivity index (χ0n) is 13.9. The van der Waals surface area contributed by atoms with Gasteiger partial charge in [0.2, 0.25) is 0 Å². The minimum Gasteiger partial charge on any atom is -0.364 e. The molecule has 0 bridgehead atoms. The molecule has 2 N–H and O–H groups in total. The van der Waals surface area contributed by atoms with Gasteiger partial charge in [-0.25, -0.2) is 9.18 Å². The fraction of sp³-hybridized carbons (Fsp3) is 0.412. The van der Waals surface area contributed by atoms with E-state index in [1.807, 2.05) is 13.0 Å². The first kappa shape index (κ1) is 16.4. The second kappa shape index (κ2) is 7.00. The van der Waals surface area contributed by atoms with Crippen LogP contribution in [0.2, 0.25) is 0 Å². The van der Waals surface area contributed by atoms with Gasteiger partial charge in [-0.15, -0.1) is 0 Å². The zero-order chi connectivity index (χ0) is 17.1. The number of aryl methyl sites for hydroxylation is 1. The van der Waals surface area contributed by atoms with E-state index in [4.69, 9.17) is 4.52 Å². The van der Waals surface area contributed by atoms with E-state index in [9.17, 15) is 9.18 Å². The highest BCUT2D eigenvalue weighted by Gasteiger charge is 2.19. The number of hydrogen-bond donors (Lipinski definition) is 2. The van der Waals surface area contributed by atoms with Crippen LogP contribution in [0.15, 0.2) is 22.9 Å². The lowest BCUT2D eigenvalue weighted by molar-refractivity contribution is 0.220. The van der Waals surface area contributed by atoms with Crippen LogP contribution < -0.4 is 10.6 Å². The number of rotatable bonds is 4. The normalized spacial score (nSPS) is 13.5. The van der Waals surface area contributed by atoms with E-state index in [0.29, 0.717) is 25.1 Å². The average Bonchev–Trinajstić information content (AvgIpc) is 3.04. The van der Waals surface area contributed by atoms with Crippen molar-refractivity contribution in [2.75, 3.05) is 18.9 Å². The zero-order valence-corrected chi connectivity index (χ0v) is 13.9. The van der Waals surface area contributed by atoms with Crippen molar-refractivity contribution >= 4 is 11.7 Å². The van der Waals surface area contributed by atoms with Crippen LogP contribution >= 0.6 is 0 Å². The first-order valence-corrected chi connectivity index (χ1v) is 8.05. The van der Waals surface area contributed by atoms with E-state index < -0.39 is 0 Å². The lowest BCUT2D eigenvalue weighted by atomic mass is 9.99. The molecule has 2 heterocycles. The standard InChI is InChI=1S/C17H21FN4O2/c1-3-14-12(10-24-21-14)9-22(2)17(23)20-15-5-4-11-8-19-7-6-13(11)16(15)18/h4-5,10,19H,3,6-9H2,1-2H3,(H,20,23). The molecule has 0 radical (unpaired) electrons. The van der Waals surface area contributed by atoms with Gasteiger partial charge in [-0.2, -0.15) is 0 Å². The molecule has 7 heteroatoms. The second-order valence-electron chi connectivity index (χ2n) is 5.92. The lowest BCUT2D eigenvalue weighted by Crippen LogP contribution is -2.32. The van der Waals surface area contributed by atoms with Crippen molar-refractivity contribution in [3.63, 3.8) is 0 Å². The highest BCUT2D eigenvalue weighted by atomic mass is 19.1. The summed E-state index contributed by atoms with van der Waals surface area (Å²) in [4.78, 5) is 13.8. The smallest absolute Gasteiger partial charge is 0.321 e. The molecule has 3 rings (SSSR count). The predicted octanol–water partition coefficient (Wildman–Crippen LogP) is 2.69. The molecule has 24 heavy (non-hydrogen) atoms. The lowest BCUT2D eigenvalue weighted by Gasteiger charge is -2.21. The number of amides is 2. The molecule has 0 atom stereocenters. The van der Waals surface area contributed by atoms with Crippen molar-refractivity contribution in [2.24, 2.45) is 0 Å². The molecule has 1 aliphatic rings. The quantitative estimate of drug-likeness (QED) is 0.903. The maximum Gasteiger partial charge on any atom is 0.321 e.